The largest absolute Gasteiger partial charge is 0.494 e. The molecule has 2 aromatic carbocycles. The monoisotopic (exact) mass is 403 g/mol. The zero-order valence-electron chi connectivity index (χ0n) is 17.7. The molecule has 3 aromatic rings. The van der Waals surface area contributed by atoms with E-state index in [1.54, 1.807) is 28.9 Å². The third-order valence-electron chi connectivity index (χ3n) is 5.32. The number of aromatic nitrogens is 2. The van der Waals surface area contributed by atoms with E-state index in [1.807, 2.05) is 39.8 Å². The highest BCUT2D eigenvalue weighted by Crippen LogP contribution is 2.38. The molecule has 0 bridgehead atoms. The first-order valence-corrected chi connectivity index (χ1v) is 10.1. The lowest BCUT2D eigenvalue weighted by Gasteiger charge is -2.23. The minimum absolute atomic E-state index is 0.0859. The van der Waals surface area contributed by atoms with E-state index in [0.29, 0.717) is 18.0 Å². The molecule has 0 spiro atoms. The summed E-state index contributed by atoms with van der Waals surface area (Å²) in [6, 6.07) is 13.2. The molecule has 0 radical (unpaired) electrons. The van der Waals surface area contributed by atoms with E-state index in [2.05, 4.69) is 16.5 Å². The highest BCUT2D eigenvalue weighted by atomic mass is 16.5. The van der Waals surface area contributed by atoms with Crippen molar-refractivity contribution >= 4 is 17.5 Å². The minimum Gasteiger partial charge on any atom is -0.494 e. The second-order valence-electron chi connectivity index (χ2n) is 7.73. The molecule has 4 rings (SSSR count). The Hall–Kier alpha value is -3.41. The molecule has 6 heteroatoms. The summed E-state index contributed by atoms with van der Waals surface area (Å²) in [6.45, 7) is 8.41. The van der Waals surface area contributed by atoms with Gasteiger partial charge in [-0.05, 0) is 75.2 Å². The summed E-state index contributed by atoms with van der Waals surface area (Å²) in [5.74, 6) is 0.467. The van der Waals surface area contributed by atoms with Crippen molar-refractivity contribution in [3.05, 3.63) is 70.4 Å². The molecule has 1 aliphatic heterocycles. The number of ether oxygens (including phenoxy) is 1. The Kier molecular flexibility index (Phi) is 5.16. The van der Waals surface area contributed by atoms with Crippen molar-refractivity contribution in [1.29, 1.82) is 0 Å². The maximum absolute atomic E-state index is 13.3. The summed E-state index contributed by atoms with van der Waals surface area (Å²) in [6.07, 6.45) is 0.110. The molecule has 1 aromatic heterocycles. The molecule has 0 saturated heterocycles. The van der Waals surface area contributed by atoms with Crippen LogP contribution >= 0.6 is 0 Å². The number of amides is 1. The summed E-state index contributed by atoms with van der Waals surface area (Å²) >= 11 is 0. The third-order valence-corrected chi connectivity index (χ3v) is 5.32. The van der Waals surface area contributed by atoms with Crippen LogP contribution in [0.25, 0.3) is 5.69 Å². The molecule has 0 saturated carbocycles. The van der Waals surface area contributed by atoms with Gasteiger partial charge in [-0.15, -0.1) is 0 Å². The highest BCUT2D eigenvalue weighted by molar-refractivity contribution is 6.08. The quantitative estimate of drug-likeness (QED) is 0.637. The van der Waals surface area contributed by atoms with Gasteiger partial charge in [0.25, 0.3) is 0 Å². The number of benzene rings is 2. The minimum atomic E-state index is -0.564. The average molecular weight is 403 g/mol. The summed E-state index contributed by atoms with van der Waals surface area (Å²) in [5, 5.41) is 7.61. The molecule has 0 unspecified atom stereocenters. The number of ketones is 1. The van der Waals surface area contributed by atoms with Crippen molar-refractivity contribution in [2.24, 2.45) is 0 Å². The lowest BCUT2D eigenvalue weighted by Crippen LogP contribution is -2.28. The zero-order valence-corrected chi connectivity index (χ0v) is 17.7. The van der Waals surface area contributed by atoms with Gasteiger partial charge in [0.1, 0.15) is 11.6 Å². The molecule has 30 heavy (non-hydrogen) atoms. The van der Waals surface area contributed by atoms with Gasteiger partial charge in [-0.1, -0.05) is 6.07 Å². The smallest absolute Gasteiger partial charge is 0.226 e. The molecule has 1 amide bonds. The first-order chi connectivity index (χ1) is 14.4. The van der Waals surface area contributed by atoms with Crippen LogP contribution in [0.4, 0.5) is 5.82 Å². The summed E-state index contributed by atoms with van der Waals surface area (Å²) < 4.78 is 7.20. The standard InChI is InChI=1S/C24H25N3O3/c1-5-30-19-8-6-17(7-9-19)23(29)20-13-21(28)25-24-22(20)16(4)26-27(24)18-11-14(2)10-15(3)12-18/h6-12,20H,5,13H2,1-4H3,(H,25,28)/t20-/m1/s1. The topological polar surface area (TPSA) is 73.2 Å². The Morgan fingerprint density at radius 1 is 1.13 bits per heavy atom. The van der Waals surface area contributed by atoms with E-state index >= 15 is 0 Å². The van der Waals surface area contributed by atoms with Gasteiger partial charge < -0.3 is 10.1 Å². The SMILES string of the molecule is CCOc1ccc(C(=O)[C@@H]2CC(=O)Nc3c2c(C)nn3-c2cc(C)cc(C)c2)cc1. The first kappa shape index (κ1) is 19.9. The van der Waals surface area contributed by atoms with E-state index in [1.165, 1.54) is 0 Å². The number of rotatable bonds is 5. The molecular formula is C24H25N3O3. The van der Waals surface area contributed by atoms with Gasteiger partial charge in [0.2, 0.25) is 5.91 Å². The number of nitrogens with zero attached hydrogens (tertiary/aromatic N) is 2. The second kappa shape index (κ2) is 7.78. The molecule has 0 aliphatic carbocycles. The molecule has 154 valence electrons. The number of nitrogens with one attached hydrogen (secondary N) is 1. The van der Waals surface area contributed by atoms with Crippen molar-refractivity contribution in [1.82, 2.24) is 9.78 Å². The van der Waals surface area contributed by atoms with E-state index in [9.17, 15) is 9.59 Å². The van der Waals surface area contributed by atoms with Gasteiger partial charge in [0.15, 0.2) is 5.78 Å². The number of fused-ring (bicyclic) bond motifs is 1. The zero-order chi connectivity index (χ0) is 21.4. The Morgan fingerprint density at radius 2 is 1.80 bits per heavy atom. The lowest BCUT2D eigenvalue weighted by atomic mass is 9.85. The van der Waals surface area contributed by atoms with E-state index in [4.69, 9.17) is 4.74 Å². The Labute approximate surface area is 175 Å². The summed E-state index contributed by atoms with van der Waals surface area (Å²) in [7, 11) is 0. The summed E-state index contributed by atoms with van der Waals surface area (Å²) in [5.41, 5.74) is 5.17. The van der Waals surface area contributed by atoms with Crippen LogP contribution in [0.5, 0.6) is 5.75 Å². The van der Waals surface area contributed by atoms with Crippen LogP contribution in [0.3, 0.4) is 0 Å². The van der Waals surface area contributed by atoms with Gasteiger partial charge >= 0.3 is 0 Å². The Bertz CT molecular complexity index is 1110. The predicted molar refractivity (Wildman–Crippen MR) is 116 cm³/mol. The lowest BCUT2D eigenvalue weighted by molar-refractivity contribution is -0.116. The number of carbonyl (C=O) groups is 2. The van der Waals surface area contributed by atoms with Crippen molar-refractivity contribution in [3.8, 4) is 11.4 Å². The maximum atomic E-state index is 13.3. The fourth-order valence-corrected chi connectivity index (χ4v) is 4.11. The van der Waals surface area contributed by atoms with Gasteiger partial charge in [-0.25, -0.2) is 4.68 Å². The second-order valence-corrected chi connectivity index (χ2v) is 7.73. The average Bonchev–Trinajstić information content (AvgIpc) is 3.03. The number of hydrogen-bond acceptors (Lipinski definition) is 4. The number of hydrogen-bond donors (Lipinski definition) is 1. The van der Waals surface area contributed by atoms with Crippen molar-refractivity contribution in [3.63, 3.8) is 0 Å². The van der Waals surface area contributed by atoms with Crippen LogP contribution in [0.2, 0.25) is 0 Å². The summed E-state index contributed by atoms with van der Waals surface area (Å²) in [4.78, 5) is 25.8. The van der Waals surface area contributed by atoms with Gasteiger partial charge in [-0.3, -0.25) is 9.59 Å². The molecule has 1 aliphatic rings. The van der Waals surface area contributed by atoms with Crippen molar-refractivity contribution in [2.75, 3.05) is 11.9 Å². The Morgan fingerprint density at radius 3 is 2.43 bits per heavy atom. The van der Waals surface area contributed by atoms with Gasteiger partial charge in [-0.2, -0.15) is 5.10 Å². The van der Waals surface area contributed by atoms with Crippen LogP contribution < -0.4 is 10.1 Å². The Balaban J connectivity index is 1.76. The van der Waals surface area contributed by atoms with Crippen LogP contribution in [0.15, 0.2) is 42.5 Å². The fourth-order valence-electron chi connectivity index (χ4n) is 4.11. The van der Waals surface area contributed by atoms with Gasteiger partial charge in [0.05, 0.1) is 23.9 Å². The molecule has 6 nitrogen and oxygen atoms in total. The number of anilines is 1. The molecule has 0 fully saturated rings. The number of Topliss-reactive ketones (excluding diaryl/α,β-unsaturated/α-hetero) is 1. The predicted octanol–water partition coefficient (Wildman–Crippen LogP) is 4.50. The first-order valence-electron chi connectivity index (χ1n) is 10.1. The van der Waals surface area contributed by atoms with E-state index in [-0.39, 0.29) is 18.1 Å². The number of aryl methyl sites for hydroxylation is 3. The highest BCUT2D eigenvalue weighted by Gasteiger charge is 2.36. The van der Waals surface area contributed by atoms with E-state index in [0.717, 1.165) is 33.8 Å². The molecular weight excluding hydrogens is 378 g/mol. The van der Waals surface area contributed by atoms with Crippen LogP contribution in [0.1, 0.15) is 52.0 Å². The molecule has 1 atom stereocenters. The normalized spacial score (nSPS) is 15.5. The third kappa shape index (κ3) is 3.61. The van der Waals surface area contributed by atoms with Gasteiger partial charge in [0, 0.05) is 17.5 Å². The number of carbonyl (C=O) groups excluding carboxylic acids is 2. The van der Waals surface area contributed by atoms with Crippen molar-refractivity contribution < 1.29 is 14.3 Å². The maximum Gasteiger partial charge on any atom is 0.226 e. The van der Waals surface area contributed by atoms with Crippen LogP contribution in [-0.2, 0) is 4.79 Å². The van der Waals surface area contributed by atoms with Crippen LogP contribution in [-0.4, -0.2) is 28.1 Å². The van der Waals surface area contributed by atoms with Crippen LogP contribution in [0, 0.1) is 20.8 Å². The fraction of sp³-hybridized carbons (Fsp3) is 0.292. The van der Waals surface area contributed by atoms with E-state index < -0.39 is 5.92 Å². The van der Waals surface area contributed by atoms with Crippen molar-refractivity contribution in [2.45, 2.75) is 40.0 Å². The molecule has 1 N–H and O–H groups in total. The molecule has 2 heterocycles.